The number of hydrogen-bond acceptors (Lipinski definition) is 5. The number of nitrogens with one attached hydrogen (secondary N) is 1. The highest BCUT2D eigenvalue weighted by atomic mass is 32.1. The van der Waals surface area contributed by atoms with Crippen LogP contribution in [0.25, 0.3) is 0 Å². The normalized spacial score (nSPS) is 21.6. The Hall–Kier alpha value is -2.71. The molecule has 1 N–H and O–H groups in total. The molecule has 33 heavy (non-hydrogen) atoms. The first kappa shape index (κ1) is 23.4. The van der Waals surface area contributed by atoms with Crippen LogP contribution in [0.15, 0.2) is 41.8 Å². The summed E-state index contributed by atoms with van der Waals surface area (Å²) in [5.41, 5.74) is 1.16. The van der Waals surface area contributed by atoms with Crippen molar-refractivity contribution in [3.05, 3.63) is 52.2 Å². The van der Waals surface area contributed by atoms with Crippen LogP contribution in [0.3, 0.4) is 0 Å². The zero-order valence-corrected chi connectivity index (χ0v) is 20.1. The van der Waals surface area contributed by atoms with Crippen LogP contribution >= 0.6 is 11.3 Å². The van der Waals surface area contributed by atoms with Gasteiger partial charge in [0, 0.05) is 50.5 Å². The van der Waals surface area contributed by atoms with Gasteiger partial charge in [0.2, 0.25) is 5.91 Å². The number of likely N-dealkylation sites (tertiary alicyclic amines) is 1. The van der Waals surface area contributed by atoms with Crippen molar-refractivity contribution in [2.45, 2.75) is 20.3 Å². The molecule has 4 rings (SSSR count). The number of carbonyl (C=O) groups is 3. The first-order valence-electron chi connectivity index (χ1n) is 11.6. The molecule has 2 aromatic rings. The summed E-state index contributed by atoms with van der Waals surface area (Å²) in [6.45, 7) is 9.09. The number of rotatable bonds is 5. The lowest BCUT2D eigenvalue weighted by atomic mass is 9.92. The van der Waals surface area contributed by atoms with E-state index in [1.807, 2.05) is 21.2 Å². The molecule has 2 aliphatic heterocycles. The molecule has 3 heterocycles. The molecule has 176 valence electrons. The minimum atomic E-state index is -0.176. The average Bonchev–Trinajstić information content (AvgIpc) is 3.34. The maximum atomic E-state index is 13.0. The minimum Gasteiger partial charge on any atom is -0.341 e. The Morgan fingerprint density at radius 3 is 2.36 bits per heavy atom. The third kappa shape index (κ3) is 6.00. The fourth-order valence-corrected chi connectivity index (χ4v) is 5.40. The fourth-order valence-electron chi connectivity index (χ4n) is 4.78. The van der Waals surface area contributed by atoms with E-state index < -0.39 is 0 Å². The number of thiophene rings is 1. The van der Waals surface area contributed by atoms with E-state index >= 15 is 0 Å². The molecule has 0 spiro atoms. The Morgan fingerprint density at radius 1 is 0.970 bits per heavy atom. The third-order valence-electron chi connectivity index (χ3n) is 6.35. The summed E-state index contributed by atoms with van der Waals surface area (Å²) < 4.78 is 0. The number of nitrogens with zero attached hydrogens (tertiary/aromatic N) is 3. The first-order valence-corrected chi connectivity index (χ1v) is 12.5. The molecule has 2 fully saturated rings. The van der Waals surface area contributed by atoms with Crippen molar-refractivity contribution in [1.29, 1.82) is 0 Å². The van der Waals surface area contributed by atoms with Crippen molar-refractivity contribution in [3.63, 3.8) is 0 Å². The Bertz CT molecular complexity index is 975. The first-order chi connectivity index (χ1) is 15.9. The van der Waals surface area contributed by atoms with E-state index in [9.17, 15) is 14.4 Å². The molecule has 7 nitrogen and oxygen atoms in total. The minimum absolute atomic E-state index is 0.0492. The Kier molecular flexibility index (Phi) is 7.45. The van der Waals surface area contributed by atoms with Crippen LogP contribution in [0, 0.1) is 11.8 Å². The van der Waals surface area contributed by atoms with Crippen LogP contribution in [0.1, 0.15) is 40.3 Å². The molecule has 0 aliphatic carbocycles. The van der Waals surface area contributed by atoms with E-state index in [0.717, 1.165) is 13.1 Å². The van der Waals surface area contributed by atoms with Crippen molar-refractivity contribution >= 4 is 34.7 Å². The highest BCUT2D eigenvalue weighted by molar-refractivity contribution is 7.12. The number of carbonyl (C=O) groups excluding carboxylic acids is 3. The number of amides is 3. The van der Waals surface area contributed by atoms with Gasteiger partial charge in [0.05, 0.1) is 11.4 Å². The molecule has 0 saturated carbocycles. The van der Waals surface area contributed by atoms with Gasteiger partial charge >= 0.3 is 0 Å². The highest BCUT2D eigenvalue weighted by Gasteiger charge is 2.28. The average molecular weight is 469 g/mol. The number of hydrogen-bond donors (Lipinski definition) is 1. The molecular formula is C25H32N4O3S. The smallest absolute Gasteiger partial charge is 0.265 e. The van der Waals surface area contributed by atoms with Gasteiger partial charge in [-0.3, -0.25) is 19.3 Å². The van der Waals surface area contributed by atoms with E-state index in [-0.39, 0.29) is 17.7 Å². The largest absolute Gasteiger partial charge is 0.341 e. The molecule has 2 aliphatic rings. The molecule has 1 aromatic carbocycles. The summed E-state index contributed by atoms with van der Waals surface area (Å²) >= 11 is 1.38. The van der Waals surface area contributed by atoms with Gasteiger partial charge in [0.1, 0.15) is 0 Å². The van der Waals surface area contributed by atoms with Crippen LogP contribution in [0.5, 0.6) is 0 Å². The standard InChI is InChI=1S/C25H32N4O3S/c1-18-13-19(2)16-29(15-18)23(30)17-27-8-10-28(11-9-27)25(32)20-5-3-6-21(14-20)26-24(31)22-7-4-12-33-22/h3-7,12,14,18-19H,8-11,13,15-17H2,1-2H3,(H,26,31)/t18-,19-/m0/s1. The molecule has 3 amide bonds. The van der Waals surface area contributed by atoms with Gasteiger partial charge in [0.25, 0.3) is 11.8 Å². The third-order valence-corrected chi connectivity index (χ3v) is 7.22. The molecule has 2 saturated heterocycles. The Morgan fingerprint density at radius 2 is 1.70 bits per heavy atom. The predicted octanol–water partition coefficient (Wildman–Crippen LogP) is 3.26. The van der Waals surface area contributed by atoms with E-state index in [1.54, 1.807) is 30.3 Å². The number of piperazine rings is 1. The van der Waals surface area contributed by atoms with Crippen molar-refractivity contribution in [1.82, 2.24) is 14.7 Å². The van der Waals surface area contributed by atoms with Crippen LogP contribution < -0.4 is 5.32 Å². The van der Waals surface area contributed by atoms with Gasteiger partial charge in [-0.15, -0.1) is 11.3 Å². The van der Waals surface area contributed by atoms with Crippen LogP contribution in [-0.2, 0) is 4.79 Å². The molecule has 2 atom stereocenters. The summed E-state index contributed by atoms with van der Waals surface area (Å²) in [6, 6.07) is 10.7. The summed E-state index contributed by atoms with van der Waals surface area (Å²) in [4.78, 5) is 44.7. The predicted molar refractivity (Wildman–Crippen MR) is 131 cm³/mol. The Balaban J connectivity index is 1.28. The number of benzene rings is 1. The van der Waals surface area contributed by atoms with Gasteiger partial charge in [-0.1, -0.05) is 26.0 Å². The lowest BCUT2D eigenvalue weighted by Gasteiger charge is -2.38. The van der Waals surface area contributed by atoms with Gasteiger partial charge in [-0.2, -0.15) is 0 Å². The second-order valence-electron chi connectivity index (χ2n) is 9.33. The summed E-state index contributed by atoms with van der Waals surface area (Å²) in [6.07, 6.45) is 1.18. The molecular weight excluding hydrogens is 436 g/mol. The highest BCUT2D eigenvalue weighted by Crippen LogP contribution is 2.21. The topological polar surface area (TPSA) is 73.0 Å². The fraction of sp³-hybridized carbons (Fsp3) is 0.480. The second-order valence-corrected chi connectivity index (χ2v) is 10.3. The van der Waals surface area contributed by atoms with Crippen LogP contribution in [0.4, 0.5) is 5.69 Å². The SMILES string of the molecule is C[C@H]1C[C@H](C)CN(C(=O)CN2CCN(C(=O)c3cccc(NC(=O)c4cccs4)c3)CC2)C1. The molecule has 0 radical (unpaired) electrons. The van der Waals surface area contributed by atoms with E-state index in [2.05, 4.69) is 24.1 Å². The lowest BCUT2D eigenvalue weighted by Crippen LogP contribution is -2.53. The molecule has 0 unspecified atom stereocenters. The van der Waals surface area contributed by atoms with E-state index in [4.69, 9.17) is 0 Å². The summed E-state index contributed by atoms with van der Waals surface area (Å²) in [5, 5.41) is 4.72. The van der Waals surface area contributed by atoms with Crippen molar-refractivity contribution in [2.75, 3.05) is 51.1 Å². The Labute approximate surface area is 199 Å². The van der Waals surface area contributed by atoms with Gasteiger partial charge in [-0.25, -0.2) is 0 Å². The van der Waals surface area contributed by atoms with Gasteiger partial charge in [-0.05, 0) is 47.9 Å². The van der Waals surface area contributed by atoms with Crippen LogP contribution in [0.2, 0.25) is 0 Å². The molecule has 8 heteroatoms. The molecule has 0 bridgehead atoms. The lowest BCUT2D eigenvalue weighted by molar-refractivity contribution is -0.135. The maximum absolute atomic E-state index is 13.0. The summed E-state index contributed by atoms with van der Waals surface area (Å²) in [7, 11) is 0. The quantitative estimate of drug-likeness (QED) is 0.731. The monoisotopic (exact) mass is 468 g/mol. The number of piperidine rings is 1. The zero-order chi connectivity index (χ0) is 23.4. The van der Waals surface area contributed by atoms with E-state index in [0.29, 0.717) is 60.7 Å². The number of anilines is 1. The van der Waals surface area contributed by atoms with Gasteiger partial charge in [0.15, 0.2) is 0 Å². The van der Waals surface area contributed by atoms with Crippen molar-refractivity contribution in [3.8, 4) is 0 Å². The van der Waals surface area contributed by atoms with Crippen molar-refractivity contribution < 1.29 is 14.4 Å². The second kappa shape index (κ2) is 10.5. The van der Waals surface area contributed by atoms with E-state index in [1.165, 1.54) is 17.8 Å². The summed E-state index contributed by atoms with van der Waals surface area (Å²) in [5.74, 6) is 1.08. The maximum Gasteiger partial charge on any atom is 0.265 e. The zero-order valence-electron chi connectivity index (χ0n) is 19.3. The molecule has 1 aromatic heterocycles. The van der Waals surface area contributed by atoms with Crippen LogP contribution in [-0.4, -0.2) is 78.2 Å². The van der Waals surface area contributed by atoms with Gasteiger partial charge < -0.3 is 15.1 Å². The van der Waals surface area contributed by atoms with Crippen molar-refractivity contribution in [2.24, 2.45) is 11.8 Å².